The molecule has 1 aliphatic carbocycles. The molecule has 0 unspecified atom stereocenters. The normalized spacial score (nSPS) is 19.0. The third-order valence-corrected chi connectivity index (χ3v) is 6.98. The molecule has 4 rings (SSSR count). The predicted molar refractivity (Wildman–Crippen MR) is 110 cm³/mol. The number of hydrogen-bond acceptors (Lipinski definition) is 4. The highest BCUT2D eigenvalue weighted by molar-refractivity contribution is 7.90. The second-order valence-electron chi connectivity index (χ2n) is 8.07. The van der Waals surface area contributed by atoms with Crippen molar-refractivity contribution in [2.75, 3.05) is 6.26 Å². The van der Waals surface area contributed by atoms with E-state index >= 15 is 0 Å². The summed E-state index contributed by atoms with van der Waals surface area (Å²) in [5.41, 5.74) is -1.21. The highest BCUT2D eigenvalue weighted by Gasteiger charge is 2.50. The number of sulfone groups is 1. The van der Waals surface area contributed by atoms with Gasteiger partial charge in [0, 0.05) is 11.8 Å². The van der Waals surface area contributed by atoms with Gasteiger partial charge in [0.05, 0.1) is 16.0 Å². The minimum atomic E-state index is -4.54. The summed E-state index contributed by atoms with van der Waals surface area (Å²) >= 11 is 0. The molecule has 31 heavy (non-hydrogen) atoms. The third kappa shape index (κ3) is 4.01. The van der Waals surface area contributed by atoms with Crippen molar-refractivity contribution in [3.63, 3.8) is 0 Å². The zero-order valence-corrected chi connectivity index (χ0v) is 17.6. The van der Waals surface area contributed by atoms with Crippen LogP contribution in [0.3, 0.4) is 0 Å². The van der Waals surface area contributed by atoms with E-state index in [9.17, 15) is 26.4 Å². The lowest BCUT2D eigenvalue weighted by Crippen LogP contribution is -2.39. The molecule has 0 atom stereocenters. The summed E-state index contributed by atoms with van der Waals surface area (Å²) in [5.74, 6) is -0.111. The summed E-state index contributed by atoms with van der Waals surface area (Å²) in [6.07, 6.45) is 0.0960. The molecule has 2 aliphatic rings. The molecule has 0 saturated heterocycles. The summed E-state index contributed by atoms with van der Waals surface area (Å²) in [4.78, 5) is 13.6. The van der Waals surface area contributed by atoms with Gasteiger partial charge >= 0.3 is 6.18 Å². The molecule has 2 aromatic rings. The van der Waals surface area contributed by atoms with Crippen LogP contribution in [0.5, 0.6) is 0 Å². The van der Waals surface area contributed by atoms with Crippen molar-refractivity contribution < 1.29 is 31.1 Å². The molecule has 1 spiro atoms. The van der Waals surface area contributed by atoms with E-state index in [1.54, 1.807) is 0 Å². The van der Waals surface area contributed by atoms with Gasteiger partial charge in [-0.15, -0.1) is 0 Å². The minimum Gasteiger partial charge on any atom is -0.478 e. The second kappa shape index (κ2) is 7.51. The Kier molecular flexibility index (Phi) is 5.24. The number of ketones is 1. The SMILES string of the molecule is CS(=O)(=O)c1ccc(C2=C(c3cccc(C(F)(F)F)c3)C(=O)C3(CCCCC3)O2)cc1. The Labute approximate surface area is 178 Å². The molecule has 1 heterocycles. The molecule has 0 amide bonds. The molecule has 0 radical (unpaired) electrons. The van der Waals surface area contributed by atoms with Crippen LogP contribution >= 0.6 is 0 Å². The summed E-state index contributed by atoms with van der Waals surface area (Å²) in [5, 5.41) is 0. The molecule has 164 valence electrons. The molecule has 0 aromatic heterocycles. The molecular formula is C23H21F3O4S. The number of benzene rings is 2. The lowest BCUT2D eigenvalue weighted by molar-refractivity contribution is -0.137. The van der Waals surface area contributed by atoms with E-state index in [1.165, 1.54) is 36.4 Å². The van der Waals surface area contributed by atoms with Crippen LogP contribution in [0.4, 0.5) is 13.2 Å². The Morgan fingerprint density at radius 1 is 0.935 bits per heavy atom. The van der Waals surface area contributed by atoms with Crippen molar-refractivity contribution in [3.8, 4) is 0 Å². The van der Waals surface area contributed by atoms with Crippen molar-refractivity contribution in [2.45, 2.75) is 48.8 Å². The van der Waals surface area contributed by atoms with Crippen LogP contribution in [0.15, 0.2) is 53.4 Å². The number of halogens is 3. The zero-order valence-electron chi connectivity index (χ0n) is 16.8. The maximum Gasteiger partial charge on any atom is 0.416 e. The first-order valence-electron chi connectivity index (χ1n) is 9.97. The average molecular weight is 450 g/mol. The smallest absolute Gasteiger partial charge is 0.416 e. The highest BCUT2D eigenvalue weighted by atomic mass is 32.2. The van der Waals surface area contributed by atoms with Crippen LogP contribution in [-0.4, -0.2) is 26.1 Å². The van der Waals surface area contributed by atoms with Gasteiger partial charge in [-0.3, -0.25) is 4.79 Å². The largest absolute Gasteiger partial charge is 0.478 e. The molecule has 0 bridgehead atoms. The fourth-order valence-corrected chi connectivity index (χ4v) is 4.88. The van der Waals surface area contributed by atoms with E-state index in [0.717, 1.165) is 37.7 Å². The summed E-state index contributed by atoms with van der Waals surface area (Å²) < 4.78 is 69.6. The number of rotatable bonds is 3. The molecule has 1 aliphatic heterocycles. The third-order valence-electron chi connectivity index (χ3n) is 5.85. The Bertz CT molecular complexity index is 1160. The van der Waals surface area contributed by atoms with E-state index in [0.29, 0.717) is 18.4 Å². The van der Waals surface area contributed by atoms with E-state index in [-0.39, 0.29) is 27.6 Å². The van der Waals surface area contributed by atoms with Crippen LogP contribution in [0.2, 0.25) is 0 Å². The van der Waals surface area contributed by atoms with Gasteiger partial charge in [-0.05, 0) is 67.6 Å². The molecule has 4 nitrogen and oxygen atoms in total. The standard InChI is InChI=1S/C23H21F3O4S/c1-31(28,29)18-10-8-15(9-11-18)20-19(16-6-5-7-17(14-16)23(24,25)26)21(27)22(30-20)12-3-2-4-13-22/h5-11,14H,2-4,12-13H2,1H3. The Hall–Kier alpha value is -2.61. The monoisotopic (exact) mass is 450 g/mol. The van der Waals surface area contributed by atoms with Gasteiger partial charge in [0.2, 0.25) is 5.78 Å². The van der Waals surface area contributed by atoms with Crippen molar-refractivity contribution in [3.05, 3.63) is 65.2 Å². The number of hydrogen-bond donors (Lipinski definition) is 0. The van der Waals surface area contributed by atoms with Crippen molar-refractivity contribution in [1.29, 1.82) is 0 Å². The highest BCUT2D eigenvalue weighted by Crippen LogP contribution is 2.48. The van der Waals surface area contributed by atoms with E-state index in [1.807, 2.05) is 0 Å². The number of ether oxygens (including phenoxy) is 1. The van der Waals surface area contributed by atoms with Gasteiger partial charge in [-0.25, -0.2) is 8.42 Å². The van der Waals surface area contributed by atoms with Crippen molar-refractivity contribution in [1.82, 2.24) is 0 Å². The number of Topliss-reactive ketones (excluding diaryl/α,β-unsaturated/α-hetero) is 1. The summed E-state index contributed by atoms with van der Waals surface area (Å²) in [6, 6.07) is 10.5. The lowest BCUT2D eigenvalue weighted by Gasteiger charge is -2.32. The molecule has 8 heteroatoms. The van der Waals surface area contributed by atoms with Crippen molar-refractivity contribution in [2.24, 2.45) is 0 Å². The predicted octanol–water partition coefficient (Wildman–Crippen LogP) is 5.28. The number of carbonyl (C=O) groups is 1. The van der Waals surface area contributed by atoms with Crippen LogP contribution in [-0.2, 0) is 25.5 Å². The lowest BCUT2D eigenvalue weighted by atomic mass is 9.79. The molecule has 1 saturated carbocycles. The Morgan fingerprint density at radius 3 is 2.16 bits per heavy atom. The topological polar surface area (TPSA) is 60.4 Å². The Balaban J connectivity index is 1.86. The second-order valence-corrected chi connectivity index (χ2v) is 10.1. The number of alkyl halides is 3. The van der Waals surface area contributed by atoms with Crippen molar-refractivity contribution >= 4 is 27.0 Å². The van der Waals surface area contributed by atoms with Crippen LogP contribution in [0.25, 0.3) is 11.3 Å². The first kappa shape index (κ1) is 21.6. The molecule has 1 fully saturated rings. The van der Waals surface area contributed by atoms with Gasteiger partial charge in [0.1, 0.15) is 5.76 Å². The quantitative estimate of drug-likeness (QED) is 0.639. The maximum absolute atomic E-state index is 13.5. The van der Waals surface area contributed by atoms with Crippen LogP contribution in [0, 0.1) is 0 Å². The van der Waals surface area contributed by atoms with E-state index in [2.05, 4.69) is 0 Å². The van der Waals surface area contributed by atoms with E-state index < -0.39 is 27.2 Å². The summed E-state index contributed by atoms with van der Waals surface area (Å²) in [7, 11) is -3.42. The van der Waals surface area contributed by atoms with Gasteiger partial charge in [0.25, 0.3) is 0 Å². The van der Waals surface area contributed by atoms with Crippen LogP contribution < -0.4 is 0 Å². The summed E-state index contributed by atoms with van der Waals surface area (Å²) in [6.45, 7) is 0. The van der Waals surface area contributed by atoms with Gasteiger partial charge in [-0.2, -0.15) is 13.2 Å². The van der Waals surface area contributed by atoms with Crippen LogP contribution in [0.1, 0.15) is 48.8 Å². The zero-order chi connectivity index (χ0) is 22.4. The average Bonchev–Trinajstić information content (AvgIpc) is 2.99. The van der Waals surface area contributed by atoms with E-state index in [4.69, 9.17) is 4.74 Å². The fourth-order valence-electron chi connectivity index (χ4n) is 4.25. The molecular weight excluding hydrogens is 429 g/mol. The fraction of sp³-hybridized carbons (Fsp3) is 0.348. The Morgan fingerprint density at radius 2 is 1.58 bits per heavy atom. The molecule has 2 aromatic carbocycles. The van der Waals surface area contributed by atoms with Gasteiger partial charge in [-0.1, -0.05) is 18.6 Å². The molecule has 0 N–H and O–H groups in total. The van der Waals surface area contributed by atoms with Gasteiger partial charge < -0.3 is 4.74 Å². The maximum atomic E-state index is 13.5. The first-order chi connectivity index (χ1) is 14.5. The number of carbonyl (C=O) groups excluding carboxylic acids is 1. The van der Waals surface area contributed by atoms with Gasteiger partial charge in [0.15, 0.2) is 15.4 Å². The first-order valence-corrected chi connectivity index (χ1v) is 11.9. The minimum absolute atomic E-state index is 0.106.